The largest absolute Gasteiger partial charge is 0.463 e. The number of pyridine rings is 1. The quantitative estimate of drug-likeness (QED) is 0.323. The lowest BCUT2D eigenvalue weighted by Crippen LogP contribution is -2.17. The Morgan fingerprint density at radius 2 is 2.09 bits per heavy atom. The van der Waals surface area contributed by atoms with Crippen LogP contribution in [0.2, 0.25) is 0 Å². The standard InChI is InChI=1S/C27H26N2O4S/c1-3-12-33-27(31)24-18-11-10-16(2)14-23(18)34-26(24)29-25(30)19-15-21(22-9-6-13-32-22)28-20-8-5-4-7-17(19)20/h4-9,13,15-16H,3,10-12,14H2,1-2H3,(H,29,30)/t16-/m0/s1. The summed E-state index contributed by atoms with van der Waals surface area (Å²) in [5.74, 6) is 0.487. The highest BCUT2D eigenvalue weighted by Gasteiger charge is 2.29. The van der Waals surface area contributed by atoms with E-state index in [1.165, 1.54) is 11.3 Å². The third-order valence-corrected chi connectivity index (χ3v) is 7.28. The number of nitrogens with zero attached hydrogens (tertiary/aromatic N) is 1. The first-order valence-electron chi connectivity index (χ1n) is 11.6. The molecule has 0 aliphatic heterocycles. The van der Waals surface area contributed by atoms with Crippen LogP contribution in [0.1, 0.15) is 57.8 Å². The molecule has 0 radical (unpaired) electrons. The van der Waals surface area contributed by atoms with E-state index < -0.39 is 0 Å². The molecule has 174 valence electrons. The van der Waals surface area contributed by atoms with Gasteiger partial charge in [-0.05, 0) is 61.4 Å². The van der Waals surface area contributed by atoms with Crippen molar-refractivity contribution in [2.75, 3.05) is 11.9 Å². The lowest BCUT2D eigenvalue weighted by atomic mass is 9.88. The second-order valence-corrected chi connectivity index (χ2v) is 9.80. The summed E-state index contributed by atoms with van der Waals surface area (Å²) in [6.07, 6.45) is 5.07. The van der Waals surface area contributed by atoms with Crippen molar-refractivity contribution >= 4 is 39.1 Å². The van der Waals surface area contributed by atoms with Gasteiger partial charge in [-0.2, -0.15) is 0 Å². The Labute approximate surface area is 202 Å². The first kappa shape index (κ1) is 22.3. The fourth-order valence-electron chi connectivity index (χ4n) is 4.41. The molecule has 1 N–H and O–H groups in total. The van der Waals surface area contributed by atoms with Crippen LogP contribution < -0.4 is 5.32 Å². The first-order valence-corrected chi connectivity index (χ1v) is 12.4. The van der Waals surface area contributed by atoms with Gasteiger partial charge in [0.15, 0.2) is 5.76 Å². The number of thiophene rings is 1. The van der Waals surface area contributed by atoms with Crippen molar-refractivity contribution in [1.82, 2.24) is 4.98 Å². The van der Waals surface area contributed by atoms with Crippen LogP contribution in [0.15, 0.2) is 53.1 Å². The van der Waals surface area contributed by atoms with Gasteiger partial charge in [0.05, 0.1) is 29.5 Å². The summed E-state index contributed by atoms with van der Waals surface area (Å²) in [4.78, 5) is 32.4. The SMILES string of the molecule is CCCOC(=O)c1c(NC(=O)c2cc(-c3ccco3)nc3ccccc23)sc2c1CC[C@H](C)C2. The minimum absolute atomic E-state index is 0.289. The molecule has 3 heterocycles. The molecule has 7 heteroatoms. The highest BCUT2D eigenvalue weighted by Crippen LogP contribution is 2.40. The number of para-hydroxylation sites is 1. The van der Waals surface area contributed by atoms with Crippen LogP contribution >= 0.6 is 11.3 Å². The number of esters is 1. The highest BCUT2D eigenvalue weighted by atomic mass is 32.1. The number of fused-ring (bicyclic) bond motifs is 2. The fraction of sp³-hybridized carbons (Fsp3) is 0.296. The summed E-state index contributed by atoms with van der Waals surface area (Å²) in [5.41, 5.74) is 3.29. The molecule has 0 unspecified atom stereocenters. The van der Waals surface area contributed by atoms with E-state index in [4.69, 9.17) is 9.15 Å². The van der Waals surface area contributed by atoms with Crippen molar-refractivity contribution < 1.29 is 18.7 Å². The summed E-state index contributed by atoms with van der Waals surface area (Å²) < 4.78 is 11.0. The van der Waals surface area contributed by atoms with Crippen LogP contribution in [0.5, 0.6) is 0 Å². The number of furan rings is 1. The van der Waals surface area contributed by atoms with Crippen LogP contribution in [0, 0.1) is 5.92 Å². The third kappa shape index (κ3) is 4.23. The van der Waals surface area contributed by atoms with Gasteiger partial charge in [-0.15, -0.1) is 11.3 Å². The number of rotatable bonds is 6. The lowest BCUT2D eigenvalue weighted by Gasteiger charge is -2.18. The Kier molecular flexibility index (Phi) is 6.20. The molecule has 1 aliphatic rings. The van der Waals surface area contributed by atoms with Gasteiger partial charge in [-0.1, -0.05) is 32.0 Å². The third-order valence-electron chi connectivity index (χ3n) is 6.11. The maximum atomic E-state index is 13.6. The molecule has 3 aromatic heterocycles. The monoisotopic (exact) mass is 474 g/mol. The molecule has 0 saturated heterocycles. The van der Waals surface area contributed by atoms with Gasteiger partial charge in [-0.25, -0.2) is 9.78 Å². The molecule has 1 aliphatic carbocycles. The van der Waals surface area contributed by atoms with Gasteiger partial charge in [0, 0.05) is 10.3 Å². The molecule has 5 rings (SSSR count). The minimum atomic E-state index is -0.361. The van der Waals surface area contributed by atoms with Crippen molar-refractivity contribution in [3.05, 3.63) is 70.3 Å². The van der Waals surface area contributed by atoms with Crippen molar-refractivity contribution in [2.45, 2.75) is 39.5 Å². The first-order chi connectivity index (χ1) is 16.5. The van der Waals surface area contributed by atoms with Crippen LogP contribution in [-0.2, 0) is 17.6 Å². The number of ether oxygens (including phenoxy) is 1. The molecule has 4 aromatic rings. The number of nitrogens with one attached hydrogen (secondary N) is 1. The molecule has 0 fully saturated rings. The molecule has 34 heavy (non-hydrogen) atoms. The van der Waals surface area contributed by atoms with Crippen molar-refractivity contribution in [3.8, 4) is 11.5 Å². The van der Waals surface area contributed by atoms with Crippen LogP contribution in [-0.4, -0.2) is 23.5 Å². The summed E-state index contributed by atoms with van der Waals surface area (Å²) in [6.45, 7) is 4.54. The second-order valence-electron chi connectivity index (χ2n) is 8.70. The molecule has 6 nitrogen and oxygen atoms in total. The van der Waals surface area contributed by atoms with E-state index >= 15 is 0 Å². The summed E-state index contributed by atoms with van der Waals surface area (Å²) >= 11 is 1.49. The van der Waals surface area contributed by atoms with Gasteiger partial charge < -0.3 is 14.5 Å². The topological polar surface area (TPSA) is 81.4 Å². The van der Waals surface area contributed by atoms with E-state index in [1.54, 1.807) is 18.4 Å². The van der Waals surface area contributed by atoms with E-state index in [9.17, 15) is 9.59 Å². The predicted octanol–water partition coefficient (Wildman–Crippen LogP) is 6.50. The average Bonchev–Trinajstić information content (AvgIpc) is 3.49. The molecule has 0 saturated carbocycles. The zero-order valence-electron chi connectivity index (χ0n) is 19.2. The Morgan fingerprint density at radius 1 is 1.24 bits per heavy atom. The van der Waals surface area contributed by atoms with Crippen molar-refractivity contribution in [3.63, 3.8) is 0 Å². The zero-order chi connectivity index (χ0) is 23.7. The highest BCUT2D eigenvalue weighted by molar-refractivity contribution is 7.17. The van der Waals surface area contributed by atoms with Crippen molar-refractivity contribution in [1.29, 1.82) is 0 Å². The molecule has 0 bridgehead atoms. The molecule has 1 atom stereocenters. The average molecular weight is 475 g/mol. The summed E-state index contributed by atoms with van der Waals surface area (Å²) in [6, 6.07) is 12.9. The van der Waals surface area contributed by atoms with Crippen molar-refractivity contribution in [2.24, 2.45) is 5.92 Å². The van der Waals surface area contributed by atoms with Crippen LogP contribution in [0.3, 0.4) is 0 Å². The summed E-state index contributed by atoms with van der Waals surface area (Å²) in [5, 5.41) is 4.34. The number of carbonyl (C=O) groups is 2. The lowest BCUT2D eigenvalue weighted by molar-refractivity contribution is 0.0505. The number of aromatic nitrogens is 1. The Balaban J connectivity index is 1.55. The smallest absolute Gasteiger partial charge is 0.341 e. The zero-order valence-corrected chi connectivity index (χ0v) is 20.0. The normalized spacial score (nSPS) is 15.2. The number of hydrogen-bond acceptors (Lipinski definition) is 6. The molecular formula is C27H26N2O4S. The molecule has 1 aromatic carbocycles. The number of anilines is 1. The van der Waals surface area contributed by atoms with Crippen LogP contribution in [0.4, 0.5) is 5.00 Å². The maximum absolute atomic E-state index is 13.6. The Bertz CT molecular complexity index is 1360. The fourth-order valence-corrected chi connectivity index (χ4v) is 5.80. The predicted molar refractivity (Wildman–Crippen MR) is 133 cm³/mol. The van der Waals surface area contributed by atoms with E-state index in [1.807, 2.05) is 37.3 Å². The summed E-state index contributed by atoms with van der Waals surface area (Å²) in [7, 11) is 0. The second kappa shape index (κ2) is 9.43. The van der Waals surface area contributed by atoms with E-state index in [0.29, 0.717) is 45.6 Å². The van der Waals surface area contributed by atoms with E-state index in [0.717, 1.165) is 41.5 Å². The number of benzene rings is 1. The molecular weight excluding hydrogens is 448 g/mol. The van der Waals surface area contributed by atoms with Gasteiger partial charge in [0.2, 0.25) is 0 Å². The number of carbonyl (C=O) groups excluding carboxylic acids is 2. The Hall–Kier alpha value is -3.45. The van der Waals surface area contributed by atoms with E-state index in [-0.39, 0.29) is 11.9 Å². The van der Waals surface area contributed by atoms with E-state index in [2.05, 4.69) is 17.2 Å². The Morgan fingerprint density at radius 3 is 2.88 bits per heavy atom. The minimum Gasteiger partial charge on any atom is -0.463 e. The molecule has 1 amide bonds. The van der Waals surface area contributed by atoms with Gasteiger partial charge in [0.1, 0.15) is 10.7 Å². The van der Waals surface area contributed by atoms with Gasteiger partial charge in [0.25, 0.3) is 5.91 Å². The van der Waals surface area contributed by atoms with Gasteiger partial charge in [-0.3, -0.25) is 4.79 Å². The van der Waals surface area contributed by atoms with Gasteiger partial charge >= 0.3 is 5.97 Å². The molecule has 0 spiro atoms. The maximum Gasteiger partial charge on any atom is 0.341 e. The number of hydrogen-bond donors (Lipinski definition) is 1. The van der Waals surface area contributed by atoms with Crippen LogP contribution in [0.25, 0.3) is 22.4 Å². The number of amides is 1.